The molecule has 1 fully saturated rings. The van der Waals surface area contributed by atoms with Crippen LogP contribution < -0.4 is 4.72 Å². The van der Waals surface area contributed by atoms with E-state index in [1.54, 1.807) is 12.1 Å². The summed E-state index contributed by atoms with van der Waals surface area (Å²) in [5, 5.41) is 0. The van der Waals surface area contributed by atoms with Crippen LogP contribution in [0.2, 0.25) is 0 Å². The smallest absolute Gasteiger partial charge is 0.263 e. The predicted molar refractivity (Wildman–Crippen MR) is 106 cm³/mol. The molecular formula is C19H20BrN3O2S. The second-order valence-corrected chi connectivity index (χ2v) is 9.28. The summed E-state index contributed by atoms with van der Waals surface area (Å²) >= 11 is 3.46. The average Bonchev–Trinajstić information content (AvgIpc) is 2.89. The Balaban J connectivity index is 1.41. The van der Waals surface area contributed by atoms with Crippen molar-refractivity contribution in [2.75, 3.05) is 13.1 Å². The van der Waals surface area contributed by atoms with Crippen LogP contribution in [0.25, 0.3) is 0 Å². The fourth-order valence-corrected chi connectivity index (χ4v) is 4.97. The molecule has 2 aliphatic rings. The van der Waals surface area contributed by atoms with Crippen molar-refractivity contribution in [3.63, 3.8) is 0 Å². The number of sulfonamides is 1. The molecule has 5 nitrogen and oxygen atoms in total. The fraction of sp³-hybridized carbons (Fsp3) is 0.316. The summed E-state index contributed by atoms with van der Waals surface area (Å²) in [6.07, 6.45) is 1.87. The molecule has 7 heteroatoms. The molecule has 2 aromatic carbocycles. The Morgan fingerprint density at radius 1 is 1.08 bits per heavy atom. The zero-order chi connectivity index (χ0) is 18.1. The van der Waals surface area contributed by atoms with Crippen LogP contribution in [0.1, 0.15) is 24.0 Å². The number of piperidine rings is 1. The summed E-state index contributed by atoms with van der Waals surface area (Å²) in [6, 6.07) is 15.6. The molecule has 2 aromatic rings. The van der Waals surface area contributed by atoms with Gasteiger partial charge in [0.25, 0.3) is 10.0 Å². The van der Waals surface area contributed by atoms with Crippen molar-refractivity contribution in [1.29, 1.82) is 0 Å². The number of amidine groups is 1. The van der Waals surface area contributed by atoms with Crippen LogP contribution in [-0.2, 0) is 16.6 Å². The van der Waals surface area contributed by atoms with Gasteiger partial charge in [0, 0.05) is 29.7 Å². The molecule has 0 unspecified atom stereocenters. The minimum atomic E-state index is -3.46. The molecule has 136 valence electrons. The monoisotopic (exact) mass is 433 g/mol. The summed E-state index contributed by atoms with van der Waals surface area (Å²) in [5.41, 5.74) is 1.99. The third-order valence-electron chi connectivity index (χ3n) is 4.85. The Bertz CT molecular complexity index is 934. The molecule has 1 saturated heterocycles. The molecule has 0 atom stereocenters. The molecule has 4 rings (SSSR count). The van der Waals surface area contributed by atoms with Crippen LogP contribution >= 0.6 is 15.9 Å². The molecule has 0 aliphatic carbocycles. The lowest BCUT2D eigenvalue weighted by atomic mass is 10.0. The van der Waals surface area contributed by atoms with E-state index in [4.69, 9.17) is 4.99 Å². The van der Waals surface area contributed by atoms with E-state index in [-0.39, 0.29) is 6.04 Å². The fourth-order valence-electron chi connectivity index (χ4n) is 3.47. The van der Waals surface area contributed by atoms with E-state index in [2.05, 4.69) is 49.8 Å². The second kappa shape index (κ2) is 7.13. The minimum Gasteiger partial charge on any atom is -0.299 e. The summed E-state index contributed by atoms with van der Waals surface area (Å²) < 4.78 is 28.1. The van der Waals surface area contributed by atoms with E-state index in [9.17, 15) is 8.42 Å². The van der Waals surface area contributed by atoms with Crippen LogP contribution in [0.4, 0.5) is 0 Å². The van der Waals surface area contributed by atoms with Crippen LogP contribution in [0, 0.1) is 0 Å². The molecule has 0 spiro atoms. The van der Waals surface area contributed by atoms with Crippen LogP contribution in [0.3, 0.4) is 0 Å². The van der Waals surface area contributed by atoms with Gasteiger partial charge in [0.05, 0.1) is 10.9 Å². The van der Waals surface area contributed by atoms with Crippen molar-refractivity contribution in [3.8, 4) is 0 Å². The molecule has 0 radical (unpaired) electrons. The minimum absolute atomic E-state index is 0.153. The van der Waals surface area contributed by atoms with E-state index >= 15 is 0 Å². The number of fused-ring (bicyclic) bond motifs is 1. The first-order valence-electron chi connectivity index (χ1n) is 8.68. The normalized spacial score (nSPS) is 21.5. The second-order valence-electron chi connectivity index (χ2n) is 6.71. The van der Waals surface area contributed by atoms with Gasteiger partial charge in [0.1, 0.15) is 5.84 Å². The Morgan fingerprint density at radius 3 is 2.50 bits per heavy atom. The number of nitrogens with one attached hydrogen (secondary N) is 1. The number of hydrogen-bond acceptors (Lipinski definition) is 4. The number of aliphatic imine (C=N–C) groups is 1. The number of rotatable bonds is 3. The van der Waals surface area contributed by atoms with E-state index in [0.717, 1.165) is 36.9 Å². The first kappa shape index (κ1) is 17.7. The van der Waals surface area contributed by atoms with Gasteiger partial charge in [-0.1, -0.05) is 40.2 Å². The summed E-state index contributed by atoms with van der Waals surface area (Å²) in [4.78, 5) is 7.47. The summed E-state index contributed by atoms with van der Waals surface area (Å²) in [7, 11) is -3.46. The van der Waals surface area contributed by atoms with Crippen LogP contribution in [-0.4, -0.2) is 38.3 Å². The number of hydrogen-bond donors (Lipinski definition) is 1. The van der Waals surface area contributed by atoms with E-state index in [1.807, 2.05) is 12.1 Å². The standard InChI is InChI=1S/C19H20BrN3O2S/c20-15-7-5-14(6-8-15)13-23-11-9-16(10-12-23)21-19-17-3-1-2-4-18(17)26(24,25)22-19/h1-8,16H,9-13H2,(H,21,22). The third-order valence-corrected chi connectivity index (χ3v) is 6.78. The van der Waals surface area contributed by atoms with Crippen LogP contribution in [0.5, 0.6) is 0 Å². The molecule has 0 bridgehead atoms. The quantitative estimate of drug-likeness (QED) is 0.808. The Morgan fingerprint density at radius 2 is 1.77 bits per heavy atom. The molecule has 1 N–H and O–H groups in total. The van der Waals surface area contributed by atoms with Gasteiger partial charge in [0.2, 0.25) is 0 Å². The van der Waals surface area contributed by atoms with Crippen LogP contribution in [0.15, 0.2) is 62.9 Å². The van der Waals surface area contributed by atoms with E-state index in [0.29, 0.717) is 16.3 Å². The topological polar surface area (TPSA) is 61.8 Å². The maximum absolute atomic E-state index is 12.2. The van der Waals surface area contributed by atoms with Crippen molar-refractivity contribution in [1.82, 2.24) is 9.62 Å². The Kier molecular flexibility index (Phi) is 4.86. The highest BCUT2D eigenvalue weighted by molar-refractivity contribution is 9.10. The molecule has 0 amide bonds. The molecular weight excluding hydrogens is 414 g/mol. The average molecular weight is 434 g/mol. The first-order valence-corrected chi connectivity index (χ1v) is 11.0. The lowest BCUT2D eigenvalue weighted by molar-refractivity contribution is 0.206. The third kappa shape index (κ3) is 3.70. The SMILES string of the molecule is O=S1(=O)NC(=NC2CCN(Cc3ccc(Br)cc3)CC2)c2ccccc21. The Hall–Kier alpha value is -1.70. The lowest BCUT2D eigenvalue weighted by Gasteiger charge is -2.30. The van der Waals surface area contributed by atoms with Crippen molar-refractivity contribution < 1.29 is 8.42 Å². The Labute approximate surface area is 162 Å². The van der Waals surface area contributed by atoms with E-state index in [1.165, 1.54) is 5.56 Å². The molecule has 0 aromatic heterocycles. The van der Waals surface area contributed by atoms with Gasteiger partial charge in [-0.05, 0) is 42.7 Å². The van der Waals surface area contributed by atoms with E-state index < -0.39 is 10.0 Å². The van der Waals surface area contributed by atoms with Gasteiger partial charge in [-0.2, -0.15) is 0 Å². The van der Waals surface area contributed by atoms with Gasteiger partial charge in [-0.25, -0.2) is 8.42 Å². The number of halogens is 1. The van der Waals surface area contributed by atoms with Gasteiger partial charge >= 0.3 is 0 Å². The van der Waals surface area contributed by atoms with Crippen molar-refractivity contribution >= 4 is 31.8 Å². The zero-order valence-corrected chi connectivity index (χ0v) is 16.6. The van der Waals surface area contributed by atoms with Crippen molar-refractivity contribution in [2.45, 2.75) is 30.3 Å². The van der Waals surface area contributed by atoms with Gasteiger partial charge in [-0.3, -0.25) is 14.6 Å². The highest BCUT2D eigenvalue weighted by atomic mass is 79.9. The number of likely N-dealkylation sites (tertiary alicyclic amines) is 1. The molecule has 2 aliphatic heterocycles. The number of benzene rings is 2. The van der Waals surface area contributed by atoms with Gasteiger partial charge in [0.15, 0.2) is 0 Å². The van der Waals surface area contributed by atoms with Crippen molar-refractivity contribution in [3.05, 3.63) is 64.1 Å². The molecule has 2 heterocycles. The largest absolute Gasteiger partial charge is 0.299 e. The maximum atomic E-state index is 12.2. The highest BCUT2D eigenvalue weighted by Gasteiger charge is 2.31. The summed E-state index contributed by atoms with van der Waals surface area (Å²) in [5.74, 6) is 0.493. The zero-order valence-electron chi connectivity index (χ0n) is 14.2. The highest BCUT2D eigenvalue weighted by Crippen LogP contribution is 2.24. The van der Waals surface area contributed by atoms with Gasteiger partial charge in [-0.15, -0.1) is 0 Å². The molecule has 0 saturated carbocycles. The van der Waals surface area contributed by atoms with Gasteiger partial charge < -0.3 is 0 Å². The summed E-state index contributed by atoms with van der Waals surface area (Å²) in [6.45, 7) is 2.86. The number of nitrogens with zero attached hydrogens (tertiary/aromatic N) is 2. The van der Waals surface area contributed by atoms with Crippen molar-refractivity contribution in [2.24, 2.45) is 4.99 Å². The maximum Gasteiger partial charge on any atom is 0.263 e. The first-order chi connectivity index (χ1) is 12.5. The molecule has 26 heavy (non-hydrogen) atoms. The predicted octanol–water partition coefficient (Wildman–Crippen LogP) is 3.15. The lowest BCUT2D eigenvalue weighted by Crippen LogP contribution is -2.36.